The van der Waals surface area contributed by atoms with E-state index in [-0.39, 0.29) is 0 Å². The molecule has 96 valence electrons. The zero-order chi connectivity index (χ0) is 12.4. The Kier molecular flexibility index (Phi) is 3.87. The van der Waals surface area contributed by atoms with E-state index in [4.69, 9.17) is 5.73 Å². The second-order valence-corrected chi connectivity index (χ2v) is 5.65. The van der Waals surface area contributed by atoms with Gasteiger partial charge < -0.3 is 5.73 Å². The maximum atomic E-state index is 6.35. The summed E-state index contributed by atoms with van der Waals surface area (Å²) in [6.45, 7) is 4.48. The molecule has 17 heavy (non-hydrogen) atoms. The number of hydrogen-bond donors (Lipinski definition) is 1. The van der Waals surface area contributed by atoms with Crippen molar-refractivity contribution in [2.45, 2.75) is 52.0 Å². The van der Waals surface area contributed by atoms with Crippen LogP contribution in [-0.2, 0) is 19.9 Å². The minimum Gasteiger partial charge on any atom is -0.327 e. The molecule has 1 aromatic heterocycles. The topological polar surface area (TPSA) is 43.8 Å². The fraction of sp³-hybridized carbons (Fsp3) is 0.786. The molecule has 0 amide bonds. The van der Waals surface area contributed by atoms with Crippen molar-refractivity contribution in [1.82, 2.24) is 9.78 Å². The fourth-order valence-corrected chi connectivity index (χ4v) is 2.98. The standard InChI is InChI=1S/C14H25N3/c1-4-12-8-13(17(3)16-12)9-14(15)11-6-5-10(2)7-11/h8,10-11,14H,4-7,9,15H2,1-3H3. The Morgan fingerprint density at radius 2 is 2.29 bits per heavy atom. The van der Waals surface area contributed by atoms with Gasteiger partial charge in [-0.2, -0.15) is 5.10 Å². The van der Waals surface area contributed by atoms with E-state index >= 15 is 0 Å². The summed E-state index contributed by atoms with van der Waals surface area (Å²) in [5.74, 6) is 1.58. The number of aromatic nitrogens is 2. The molecular formula is C14H25N3. The van der Waals surface area contributed by atoms with Crippen LogP contribution in [0.5, 0.6) is 0 Å². The highest BCUT2D eigenvalue weighted by Gasteiger charge is 2.27. The van der Waals surface area contributed by atoms with Crippen molar-refractivity contribution in [3.63, 3.8) is 0 Å². The number of aryl methyl sites for hydroxylation is 2. The van der Waals surface area contributed by atoms with E-state index in [1.54, 1.807) is 0 Å². The summed E-state index contributed by atoms with van der Waals surface area (Å²) in [5.41, 5.74) is 8.81. The molecule has 3 unspecified atom stereocenters. The molecule has 0 radical (unpaired) electrons. The normalized spacial score (nSPS) is 26.4. The van der Waals surface area contributed by atoms with Gasteiger partial charge in [-0.3, -0.25) is 4.68 Å². The van der Waals surface area contributed by atoms with Gasteiger partial charge in [0.25, 0.3) is 0 Å². The SMILES string of the molecule is CCc1cc(CC(N)C2CCC(C)C2)n(C)n1. The highest BCUT2D eigenvalue weighted by Crippen LogP contribution is 2.32. The summed E-state index contributed by atoms with van der Waals surface area (Å²) in [5, 5.41) is 4.48. The van der Waals surface area contributed by atoms with Crippen LogP contribution in [0.4, 0.5) is 0 Å². The van der Waals surface area contributed by atoms with Crippen LogP contribution >= 0.6 is 0 Å². The number of rotatable bonds is 4. The molecule has 3 nitrogen and oxygen atoms in total. The van der Waals surface area contributed by atoms with Crippen molar-refractivity contribution in [3.8, 4) is 0 Å². The lowest BCUT2D eigenvalue weighted by Crippen LogP contribution is -2.31. The molecular weight excluding hydrogens is 210 g/mol. The van der Waals surface area contributed by atoms with Gasteiger partial charge in [0, 0.05) is 25.2 Å². The van der Waals surface area contributed by atoms with Crippen LogP contribution in [0.2, 0.25) is 0 Å². The molecule has 2 N–H and O–H groups in total. The minimum atomic E-state index is 0.306. The lowest BCUT2D eigenvalue weighted by atomic mass is 9.94. The van der Waals surface area contributed by atoms with E-state index in [2.05, 4.69) is 25.0 Å². The number of nitrogens with zero attached hydrogens (tertiary/aromatic N) is 2. The summed E-state index contributed by atoms with van der Waals surface area (Å²) in [4.78, 5) is 0. The van der Waals surface area contributed by atoms with Crippen LogP contribution in [0.25, 0.3) is 0 Å². The Hall–Kier alpha value is -0.830. The highest BCUT2D eigenvalue weighted by atomic mass is 15.3. The Balaban J connectivity index is 1.97. The van der Waals surface area contributed by atoms with Crippen LogP contribution < -0.4 is 5.73 Å². The monoisotopic (exact) mass is 235 g/mol. The number of nitrogens with two attached hydrogens (primary N) is 1. The second-order valence-electron chi connectivity index (χ2n) is 5.65. The average Bonchev–Trinajstić information content (AvgIpc) is 2.86. The third-order valence-electron chi connectivity index (χ3n) is 4.18. The van der Waals surface area contributed by atoms with Crippen LogP contribution in [0, 0.1) is 11.8 Å². The third-order valence-corrected chi connectivity index (χ3v) is 4.18. The van der Waals surface area contributed by atoms with Gasteiger partial charge in [-0.05, 0) is 37.2 Å². The maximum absolute atomic E-state index is 6.35. The van der Waals surface area contributed by atoms with Gasteiger partial charge in [-0.25, -0.2) is 0 Å². The summed E-state index contributed by atoms with van der Waals surface area (Å²) in [6, 6.07) is 2.51. The van der Waals surface area contributed by atoms with Gasteiger partial charge in [0.15, 0.2) is 0 Å². The zero-order valence-corrected chi connectivity index (χ0v) is 11.3. The van der Waals surface area contributed by atoms with Gasteiger partial charge in [0.1, 0.15) is 0 Å². The Morgan fingerprint density at radius 3 is 2.82 bits per heavy atom. The van der Waals surface area contributed by atoms with Crippen LogP contribution in [0.1, 0.15) is 44.5 Å². The first-order valence-corrected chi connectivity index (χ1v) is 6.87. The molecule has 2 rings (SSSR count). The van der Waals surface area contributed by atoms with Gasteiger partial charge in [0.2, 0.25) is 0 Å². The van der Waals surface area contributed by atoms with Crippen molar-refractivity contribution < 1.29 is 0 Å². The lowest BCUT2D eigenvalue weighted by molar-refractivity contribution is 0.408. The van der Waals surface area contributed by atoms with Crippen molar-refractivity contribution >= 4 is 0 Å². The second kappa shape index (κ2) is 5.21. The van der Waals surface area contributed by atoms with Gasteiger partial charge >= 0.3 is 0 Å². The Morgan fingerprint density at radius 1 is 1.53 bits per heavy atom. The summed E-state index contributed by atoms with van der Waals surface area (Å²) >= 11 is 0. The fourth-order valence-electron chi connectivity index (χ4n) is 2.98. The first-order valence-electron chi connectivity index (χ1n) is 6.87. The van der Waals surface area contributed by atoms with Crippen LogP contribution in [-0.4, -0.2) is 15.8 Å². The van der Waals surface area contributed by atoms with E-state index in [0.717, 1.165) is 18.8 Å². The maximum Gasteiger partial charge on any atom is 0.0624 e. The molecule has 0 saturated heterocycles. The molecule has 1 saturated carbocycles. The first kappa shape index (κ1) is 12.6. The lowest BCUT2D eigenvalue weighted by Gasteiger charge is -2.19. The summed E-state index contributed by atoms with van der Waals surface area (Å²) in [7, 11) is 2.03. The molecule has 0 aromatic carbocycles. The van der Waals surface area contributed by atoms with E-state index in [1.165, 1.54) is 30.7 Å². The molecule has 0 aliphatic heterocycles. The minimum absolute atomic E-state index is 0.306. The molecule has 1 aromatic rings. The summed E-state index contributed by atoms with van der Waals surface area (Å²) < 4.78 is 2.00. The molecule has 0 spiro atoms. The van der Waals surface area contributed by atoms with Gasteiger partial charge in [-0.1, -0.05) is 20.3 Å². The molecule has 1 heterocycles. The molecule has 3 heteroatoms. The highest BCUT2D eigenvalue weighted by molar-refractivity contribution is 5.11. The smallest absolute Gasteiger partial charge is 0.0624 e. The van der Waals surface area contributed by atoms with E-state index in [9.17, 15) is 0 Å². The van der Waals surface area contributed by atoms with E-state index < -0.39 is 0 Å². The van der Waals surface area contributed by atoms with E-state index in [0.29, 0.717) is 12.0 Å². The van der Waals surface area contributed by atoms with Gasteiger partial charge in [-0.15, -0.1) is 0 Å². The first-order chi connectivity index (χ1) is 8.10. The molecule has 0 bridgehead atoms. The van der Waals surface area contributed by atoms with Crippen LogP contribution in [0.15, 0.2) is 6.07 Å². The Labute approximate surface area is 104 Å². The molecule has 3 atom stereocenters. The van der Waals surface area contributed by atoms with Crippen molar-refractivity contribution in [2.75, 3.05) is 0 Å². The molecule has 1 fully saturated rings. The predicted molar refractivity (Wildman–Crippen MR) is 70.8 cm³/mol. The summed E-state index contributed by atoms with van der Waals surface area (Å²) in [6.07, 6.45) is 5.94. The zero-order valence-electron chi connectivity index (χ0n) is 11.3. The largest absolute Gasteiger partial charge is 0.327 e. The van der Waals surface area contributed by atoms with Crippen molar-refractivity contribution in [3.05, 3.63) is 17.5 Å². The van der Waals surface area contributed by atoms with Crippen LogP contribution in [0.3, 0.4) is 0 Å². The molecule has 1 aliphatic rings. The Bertz CT molecular complexity index is 370. The quantitative estimate of drug-likeness (QED) is 0.870. The average molecular weight is 235 g/mol. The molecule has 1 aliphatic carbocycles. The van der Waals surface area contributed by atoms with Crippen molar-refractivity contribution in [1.29, 1.82) is 0 Å². The van der Waals surface area contributed by atoms with E-state index in [1.807, 2.05) is 11.7 Å². The number of hydrogen-bond acceptors (Lipinski definition) is 2. The third kappa shape index (κ3) is 2.89. The van der Waals surface area contributed by atoms with Gasteiger partial charge in [0.05, 0.1) is 5.69 Å². The predicted octanol–water partition coefficient (Wildman–Crippen LogP) is 2.29. The van der Waals surface area contributed by atoms with Crippen molar-refractivity contribution in [2.24, 2.45) is 24.6 Å².